The number of methoxy groups -OCH3 is 1. The number of ether oxygens (including phenoxy) is 1. The molecule has 0 bridgehead atoms. The first-order valence-corrected chi connectivity index (χ1v) is 5.61. The molecule has 1 aromatic heterocycles. The van der Waals surface area contributed by atoms with E-state index in [9.17, 15) is 4.79 Å². The van der Waals surface area contributed by atoms with E-state index in [2.05, 4.69) is 22.2 Å². The lowest BCUT2D eigenvalue weighted by Crippen LogP contribution is -2.20. The molecule has 1 aromatic rings. The smallest absolute Gasteiger partial charge is 0.328 e. The van der Waals surface area contributed by atoms with Crippen LogP contribution in [0, 0.1) is 0 Å². The fourth-order valence-electron chi connectivity index (χ4n) is 1.90. The second kappa shape index (κ2) is 4.57. The van der Waals surface area contributed by atoms with Gasteiger partial charge in [-0.05, 0) is 13.3 Å². The molecule has 0 amide bonds. The summed E-state index contributed by atoms with van der Waals surface area (Å²) >= 11 is 0. The molecule has 0 aromatic carbocycles. The largest absolute Gasteiger partial charge is 0.467 e. The van der Waals surface area contributed by atoms with Crippen LogP contribution in [0.4, 0.5) is 5.82 Å². The lowest BCUT2D eigenvalue weighted by molar-refractivity contribution is -0.143. The van der Waals surface area contributed by atoms with E-state index in [0.29, 0.717) is 0 Å². The standard InChI is InChI=1S/C11H16N4O2/c1-4-8-9-10(13-5-12-8)15(6-14-9)7(2)11(16)17-3/h5-8H,4H2,1-3H3,(H,12,13). The van der Waals surface area contributed by atoms with Crippen molar-refractivity contribution >= 4 is 18.1 Å². The van der Waals surface area contributed by atoms with Crippen LogP contribution in [0.25, 0.3) is 0 Å². The zero-order chi connectivity index (χ0) is 12.4. The number of nitrogens with one attached hydrogen (secondary N) is 1. The Bertz CT molecular complexity index is 452. The molecule has 0 aliphatic carbocycles. The molecule has 0 radical (unpaired) electrons. The number of esters is 1. The summed E-state index contributed by atoms with van der Waals surface area (Å²) in [6.07, 6.45) is 4.18. The van der Waals surface area contributed by atoms with E-state index in [1.165, 1.54) is 7.11 Å². The molecule has 0 spiro atoms. The zero-order valence-corrected chi connectivity index (χ0v) is 10.2. The third kappa shape index (κ3) is 1.90. The third-order valence-electron chi connectivity index (χ3n) is 2.94. The second-order valence-electron chi connectivity index (χ2n) is 3.93. The van der Waals surface area contributed by atoms with Crippen LogP contribution in [0.3, 0.4) is 0 Å². The van der Waals surface area contributed by atoms with E-state index in [1.807, 2.05) is 0 Å². The fraction of sp³-hybridized carbons (Fsp3) is 0.545. The molecule has 0 saturated carbocycles. The van der Waals surface area contributed by atoms with E-state index in [-0.39, 0.29) is 12.0 Å². The number of carbonyl (C=O) groups is 1. The van der Waals surface area contributed by atoms with Crippen molar-refractivity contribution < 1.29 is 9.53 Å². The lowest BCUT2D eigenvalue weighted by atomic mass is 10.1. The molecule has 1 N–H and O–H groups in total. The molecule has 6 heteroatoms. The molecule has 0 saturated heterocycles. The van der Waals surface area contributed by atoms with Crippen LogP contribution >= 0.6 is 0 Å². The maximum Gasteiger partial charge on any atom is 0.328 e. The van der Waals surface area contributed by atoms with Gasteiger partial charge in [0.25, 0.3) is 0 Å². The molecule has 0 fully saturated rings. The number of nitrogens with zero attached hydrogens (tertiary/aromatic N) is 3. The summed E-state index contributed by atoms with van der Waals surface area (Å²) < 4.78 is 6.50. The van der Waals surface area contributed by atoms with E-state index in [0.717, 1.165) is 17.9 Å². The summed E-state index contributed by atoms with van der Waals surface area (Å²) in [7, 11) is 1.38. The van der Waals surface area contributed by atoms with Crippen molar-refractivity contribution in [3.63, 3.8) is 0 Å². The van der Waals surface area contributed by atoms with Gasteiger partial charge >= 0.3 is 5.97 Å². The maximum absolute atomic E-state index is 11.5. The highest BCUT2D eigenvalue weighted by atomic mass is 16.5. The van der Waals surface area contributed by atoms with E-state index < -0.39 is 6.04 Å². The normalized spacial score (nSPS) is 19.4. The van der Waals surface area contributed by atoms with E-state index in [4.69, 9.17) is 4.74 Å². The number of fused-ring (bicyclic) bond motifs is 1. The van der Waals surface area contributed by atoms with Crippen LogP contribution in [0.5, 0.6) is 0 Å². The Labute approximate surface area is 99.7 Å². The molecular formula is C11H16N4O2. The van der Waals surface area contributed by atoms with Crippen LogP contribution in [0.15, 0.2) is 11.3 Å². The number of aromatic nitrogens is 2. The summed E-state index contributed by atoms with van der Waals surface area (Å²) in [5, 5.41) is 3.04. The van der Waals surface area contributed by atoms with Gasteiger partial charge in [0.1, 0.15) is 17.6 Å². The van der Waals surface area contributed by atoms with Gasteiger partial charge in [0.05, 0.1) is 25.8 Å². The van der Waals surface area contributed by atoms with Crippen LogP contribution in [-0.2, 0) is 9.53 Å². The molecule has 1 aliphatic rings. The first kappa shape index (κ1) is 11.6. The molecular weight excluding hydrogens is 220 g/mol. The Hall–Kier alpha value is -1.85. The Balaban J connectivity index is 2.34. The molecule has 17 heavy (non-hydrogen) atoms. The number of hydrogen-bond acceptors (Lipinski definition) is 5. The molecule has 92 valence electrons. The number of hydrogen-bond donors (Lipinski definition) is 1. The molecule has 2 atom stereocenters. The topological polar surface area (TPSA) is 68.5 Å². The van der Waals surface area contributed by atoms with Crippen LogP contribution < -0.4 is 5.32 Å². The Morgan fingerprint density at radius 2 is 2.47 bits per heavy atom. The van der Waals surface area contributed by atoms with Crippen molar-refractivity contribution in [1.29, 1.82) is 0 Å². The average molecular weight is 236 g/mol. The number of imidazole rings is 1. The molecule has 6 nitrogen and oxygen atoms in total. The van der Waals surface area contributed by atoms with Gasteiger partial charge < -0.3 is 14.6 Å². The van der Waals surface area contributed by atoms with Gasteiger partial charge in [0.2, 0.25) is 0 Å². The molecule has 1 aliphatic heterocycles. The van der Waals surface area contributed by atoms with Crippen LogP contribution in [0.2, 0.25) is 0 Å². The number of rotatable bonds is 3. The average Bonchev–Trinajstić information content (AvgIpc) is 2.80. The molecule has 2 rings (SSSR count). The van der Waals surface area contributed by atoms with Gasteiger partial charge in [-0.25, -0.2) is 9.78 Å². The minimum absolute atomic E-state index is 0.0670. The monoisotopic (exact) mass is 236 g/mol. The Morgan fingerprint density at radius 3 is 3.12 bits per heavy atom. The highest BCUT2D eigenvalue weighted by Crippen LogP contribution is 2.31. The zero-order valence-electron chi connectivity index (χ0n) is 10.2. The number of anilines is 1. The highest BCUT2D eigenvalue weighted by Gasteiger charge is 2.25. The van der Waals surface area contributed by atoms with Gasteiger partial charge in [-0.2, -0.15) is 0 Å². The number of carbonyl (C=O) groups excluding carboxylic acids is 1. The van der Waals surface area contributed by atoms with Crippen molar-refractivity contribution in [2.24, 2.45) is 4.99 Å². The van der Waals surface area contributed by atoms with Crippen molar-refractivity contribution in [3.8, 4) is 0 Å². The quantitative estimate of drug-likeness (QED) is 0.808. The predicted molar refractivity (Wildman–Crippen MR) is 64.1 cm³/mol. The predicted octanol–water partition coefficient (Wildman–Crippen LogP) is 1.52. The van der Waals surface area contributed by atoms with Gasteiger partial charge in [-0.15, -0.1) is 0 Å². The maximum atomic E-state index is 11.5. The summed E-state index contributed by atoms with van der Waals surface area (Å²) in [6, 6.07) is -0.329. The summed E-state index contributed by atoms with van der Waals surface area (Å²) in [5.74, 6) is 0.535. The van der Waals surface area contributed by atoms with Gasteiger partial charge in [-0.1, -0.05) is 6.92 Å². The third-order valence-corrected chi connectivity index (χ3v) is 2.94. The first-order chi connectivity index (χ1) is 8.19. The first-order valence-electron chi connectivity index (χ1n) is 5.61. The summed E-state index contributed by atoms with van der Waals surface area (Å²) in [6.45, 7) is 3.84. The molecule has 2 heterocycles. The van der Waals surface area contributed by atoms with E-state index >= 15 is 0 Å². The summed E-state index contributed by atoms with van der Waals surface area (Å²) in [5.41, 5.74) is 0.880. The van der Waals surface area contributed by atoms with Crippen molar-refractivity contribution in [3.05, 3.63) is 12.0 Å². The lowest BCUT2D eigenvalue weighted by Gasteiger charge is -2.19. The van der Waals surface area contributed by atoms with Crippen LogP contribution in [-0.4, -0.2) is 29.0 Å². The number of aliphatic imine (C=N–C) groups is 1. The minimum Gasteiger partial charge on any atom is -0.467 e. The van der Waals surface area contributed by atoms with Crippen molar-refractivity contribution in [2.45, 2.75) is 32.4 Å². The van der Waals surface area contributed by atoms with Gasteiger partial charge in [-0.3, -0.25) is 4.99 Å². The van der Waals surface area contributed by atoms with E-state index in [1.54, 1.807) is 24.2 Å². The summed E-state index contributed by atoms with van der Waals surface area (Å²) in [4.78, 5) is 20.1. The fourth-order valence-corrected chi connectivity index (χ4v) is 1.90. The van der Waals surface area contributed by atoms with Crippen LogP contribution in [0.1, 0.15) is 38.0 Å². The minimum atomic E-state index is -0.396. The second-order valence-corrected chi connectivity index (χ2v) is 3.93. The van der Waals surface area contributed by atoms with Gasteiger partial charge in [0.15, 0.2) is 0 Å². The molecule has 2 unspecified atom stereocenters. The van der Waals surface area contributed by atoms with Crippen molar-refractivity contribution in [2.75, 3.05) is 12.4 Å². The highest BCUT2D eigenvalue weighted by molar-refractivity contribution is 5.80. The SMILES string of the molecule is CCC1N=CNc2c1ncn2C(C)C(=O)OC. The Morgan fingerprint density at radius 1 is 1.71 bits per heavy atom. The van der Waals surface area contributed by atoms with Crippen molar-refractivity contribution in [1.82, 2.24) is 9.55 Å². The Kier molecular flexibility index (Phi) is 3.12. The van der Waals surface area contributed by atoms with Gasteiger partial charge in [0, 0.05) is 0 Å².